The van der Waals surface area contributed by atoms with Crippen molar-refractivity contribution >= 4 is 46.7 Å². The molecule has 0 aromatic heterocycles. The third kappa shape index (κ3) is 12.3. The number of hydrogen-bond acceptors (Lipinski definition) is 7. The molecule has 188 valence electrons. The Morgan fingerprint density at radius 2 is 1.56 bits per heavy atom. The van der Waals surface area contributed by atoms with Crippen molar-refractivity contribution in [1.29, 1.82) is 0 Å². The Hall–Kier alpha value is -2.23. The first kappa shape index (κ1) is 29.8. The summed E-state index contributed by atoms with van der Waals surface area (Å²) in [4.78, 5) is 23.8. The van der Waals surface area contributed by atoms with Crippen LogP contribution in [0.1, 0.15) is 13.8 Å². The molecule has 2 aromatic carbocycles. The number of carbonyl (C=O) groups is 2. The van der Waals surface area contributed by atoms with Crippen molar-refractivity contribution in [3.63, 3.8) is 0 Å². The van der Waals surface area contributed by atoms with Crippen LogP contribution in [0.5, 0.6) is 11.5 Å². The molecule has 0 heterocycles. The van der Waals surface area contributed by atoms with Gasteiger partial charge in [-0.25, -0.2) is 9.59 Å². The van der Waals surface area contributed by atoms with Gasteiger partial charge in [0.1, 0.15) is 24.2 Å². The molecule has 0 spiro atoms. The third-order valence-electron chi connectivity index (χ3n) is 4.23. The van der Waals surface area contributed by atoms with Gasteiger partial charge in [0, 0.05) is 11.6 Å². The summed E-state index contributed by atoms with van der Waals surface area (Å²) in [5.74, 6) is -0.840. The van der Waals surface area contributed by atoms with E-state index < -0.39 is 24.6 Å². The lowest BCUT2D eigenvalue weighted by Crippen LogP contribution is -2.35. The molecule has 0 bridgehead atoms. The number of likely N-dealkylation sites (N-methyl/N-ethyl adjacent to an activating group) is 1. The number of aliphatic carboxylic acids is 1. The van der Waals surface area contributed by atoms with Crippen molar-refractivity contribution in [2.24, 2.45) is 0 Å². The molecule has 0 aliphatic heterocycles. The van der Waals surface area contributed by atoms with Gasteiger partial charge >= 0.3 is 11.9 Å². The zero-order valence-corrected chi connectivity index (χ0v) is 21.1. The number of para-hydroxylation sites is 1. The standard InChI is InChI=1S/C15H22ClNO4.C8H6Cl2O3/c1-3-17(4-2)9-12(18)10-21-15(19)11-20-14-8-6-5-7-13(14)16;9-5-1-2-7(6(10)3-5)13-4-8(11)12/h5-8,12,18H,3-4,9-11H2,1-2H3;1-3H,4H2,(H,11,12). The van der Waals surface area contributed by atoms with Crippen LogP contribution < -0.4 is 9.47 Å². The summed E-state index contributed by atoms with van der Waals surface area (Å²) in [5.41, 5.74) is 0. The van der Waals surface area contributed by atoms with Crippen LogP contribution in [-0.4, -0.2) is 72.6 Å². The quantitative estimate of drug-likeness (QED) is 0.384. The van der Waals surface area contributed by atoms with E-state index in [4.69, 9.17) is 54.1 Å². The number of nitrogens with zero attached hydrogens (tertiary/aromatic N) is 1. The molecule has 0 aliphatic rings. The van der Waals surface area contributed by atoms with E-state index >= 15 is 0 Å². The second kappa shape index (κ2) is 16.4. The van der Waals surface area contributed by atoms with Gasteiger partial charge in [0.2, 0.25) is 0 Å². The lowest BCUT2D eigenvalue weighted by Gasteiger charge is -2.21. The summed E-state index contributed by atoms with van der Waals surface area (Å²) >= 11 is 17.2. The lowest BCUT2D eigenvalue weighted by molar-refractivity contribution is -0.149. The van der Waals surface area contributed by atoms with E-state index in [0.29, 0.717) is 33.1 Å². The number of rotatable bonds is 12. The van der Waals surface area contributed by atoms with Gasteiger partial charge < -0.3 is 29.3 Å². The fraction of sp³-hybridized carbons (Fsp3) is 0.391. The van der Waals surface area contributed by atoms with E-state index in [-0.39, 0.29) is 13.2 Å². The molecule has 8 nitrogen and oxygen atoms in total. The van der Waals surface area contributed by atoms with E-state index in [1.807, 2.05) is 13.8 Å². The van der Waals surface area contributed by atoms with E-state index in [2.05, 4.69) is 4.90 Å². The molecule has 2 aromatic rings. The van der Waals surface area contributed by atoms with Crippen LogP contribution in [-0.2, 0) is 14.3 Å². The highest BCUT2D eigenvalue weighted by Crippen LogP contribution is 2.27. The molecule has 2 rings (SSSR count). The second-order valence-electron chi connectivity index (χ2n) is 6.80. The van der Waals surface area contributed by atoms with Gasteiger partial charge in [-0.05, 0) is 43.4 Å². The molecule has 0 radical (unpaired) electrons. The Morgan fingerprint density at radius 3 is 2.15 bits per heavy atom. The minimum absolute atomic E-state index is 0.0405. The molecule has 1 unspecified atom stereocenters. The van der Waals surface area contributed by atoms with Crippen molar-refractivity contribution in [3.8, 4) is 11.5 Å². The molecule has 11 heteroatoms. The summed E-state index contributed by atoms with van der Waals surface area (Å²) in [6.45, 7) is 5.50. The summed E-state index contributed by atoms with van der Waals surface area (Å²) < 4.78 is 15.1. The van der Waals surface area contributed by atoms with Crippen molar-refractivity contribution in [2.45, 2.75) is 20.0 Å². The average Bonchev–Trinajstić information content (AvgIpc) is 2.80. The highest BCUT2D eigenvalue weighted by atomic mass is 35.5. The Labute approximate surface area is 213 Å². The fourth-order valence-corrected chi connectivity index (χ4v) is 3.15. The molecule has 0 saturated heterocycles. The van der Waals surface area contributed by atoms with Gasteiger partial charge in [0.15, 0.2) is 13.2 Å². The Bertz CT molecular complexity index is 910. The van der Waals surface area contributed by atoms with Gasteiger partial charge in [0.05, 0.1) is 10.0 Å². The Kier molecular flexibility index (Phi) is 14.4. The normalized spacial score (nSPS) is 11.3. The molecular formula is C23H28Cl3NO7. The van der Waals surface area contributed by atoms with Crippen LogP contribution in [0.2, 0.25) is 15.1 Å². The molecule has 0 saturated carbocycles. The van der Waals surface area contributed by atoms with Crippen molar-refractivity contribution in [3.05, 3.63) is 57.5 Å². The number of benzene rings is 2. The maximum absolute atomic E-state index is 11.5. The molecule has 0 aliphatic carbocycles. The Morgan fingerprint density at radius 1 is 0.941 bits per heavy atom. The number of carboxylic acid groups (broad SMARTS) is 1. The number of aliphatic hydroxyl groups excluding tert-OH is 1. The van der Waals surface area contributed by atoms with Gasteiger partial charge in [-0.3, -0.25) is 0 Å². The number of ether oxygens (including phenoxy) is 3. The summed E-state index contributed by atoms with van der Waals surface area (Å²) in [5, 5.41) is 19.3. The zero-order chi connectivity index (χ0) is 25.5. The van der Waals surface area contributed by atoms with E-state index in [0.717, 1.165) is 13.1 Å². The summed E-state index contributed by atoms with van der Waals surface area (Å²) in [6.07, 6.45) is -0.700. The van der Waals surface area contributed by atoms with Gasteiger partial charge in [0.25, 0.3) is 0 Å². The first-order valence-corrected chi connectivity index (χ1v) is 11.5. The smallest absolute Gasteiger partial charge is 0.344 e. The fourth-order valence-electron chi connectivity index (χ4n) is 2.49. The molecule has 1 atom stereocenters. The summed E-state index contributed by atoms with van der Waals surface area (Å²) in [7, 11) is 0. The van der Waals surface area contributed by atoms with Gasteiger partial charge in [-0.15, -0.1) is 0 Å². The van der Waals surface area contributed by atoms with Crippen LogP contribution in [0.15, 0.2) is 42.5 Å². The topological polar surface area (TPSA) is 106 Å². The number of hydrogen-bond donors (Lipinski definition) is 2. The Balaban J connectivity index is 0.000000380. The van der Waals surface area contributed by atoms with Crippen molar-refractivity contribution in [2.75, 3.05) is 39.5 Å². The third-order valence-corrected chi connectivity index (χ3v) is 5.07. The van der Waals surface area contributed by atoms with Gasteiger partial charge in [-0.1, -0.05) is 60.8 Å². The van der Waals surface area contributed by atoms with E-state index in [1.165, 1.54) is 12.1 Å². The van der Waals surface area contributed by atoms with Gasteiger partial charge in [-0.2, -0.15) is 0 Å². The summed E-state index contributed by atoms with van der Waals surface area (Å²) in [6, 6.07) is 11.5. The molecule has 0 amide bonds. The largest absolute Gasteiger partial charge is 0.480 e. The maximum atomic E-state index is 11.5. The molecular weight excluding hydrogens is 509 g/mol. The minimum atomic E-state index is -1.05. The lowest BCUT2D eigenvalue weighted by atomic mass is 10.3. The van der Waals surface area contributed by atoms with Crippen molar-refractivity contribution in [1.82, 2.24) is 4.90 Å². The average molecular weight is 537 g/mol. The number of esters is 1. The SMILES string of the molecule is CCN(CC)CC(O)COC(=O)COc1ccccc1Cl.O=C(O)COc1ccc(Cl)cc1Cl. The van der Waals surface area contributed by atoms with E-state index in [1.54, 1.807) is 30.3 Å². The predicted molar refractivity (Wildman–Crippen MR) is 131 cm³/mol. The number of carboxylic acids is 1. The van der Waals surface area contributed by atoms with E-state index in [9.17, 15) is 14.7 Å². The minimum Gasteiger partial charge on any atom is -0.480 e. The second-order valence-corrected chi connectivity index (χ2v) is 8.05. The van der Waals surface area contributed by atoms with Crippen LogP contribution in [0.3, 0.4) is 0 Å². The van der Waals surface area contributed by atoms with Crippen LogP contribution in [0, 0.1) is 0 Å². The molecule has 34 heavy (non-hydrogen) atoms. The monoisotopic (exact) mass is 535 g/mol. The number of halogens is 3. The highest BCUT2D eigenvalue weighted by Gasteiger charge is 2.13. The van der Waals surface area contributed by atoms with Crippen LogP contribution >= 0.6 is 34.8 Å². The maximum Gasteiger partial charge on any atom is 0.344 e. The predicted octanol–water partition coefficient (Wildman–Crippen LogP) is 4.42. The van der Waals surface area contributed by atoms with Crippen LogP contribution in [0.4, 0.5) is 0 Å². The first-order valence-electron chi connectivity index (χ1n) is 10.4. The number of carbonyl (C=O) groups excluding carboxylic acids is 1. The molecule has 0 fully saturated rings. The van der Waals surface area contributed by atoms with Crippen LogP contribution in [0.25, 0.3) is 0 Å². The number of aliphatic hydroxyl groups is 1. The zero-order valence-electron chi connectivity index (χ0n) is 18.9. The first-order chi connectivity index (χ1) is 16.2. The molecule has 2 N–H and O–H groups in total. The van der Waals surface area contributed by atoms with Crippen molar-refractivity contribution < 1.29 is 34.0 Å². The highest BCUT2D eigenvalue weighted by molar-refractivity contribution is 6.35.